The van der Waals surface area contributed by atoms with Gasteiger partial charge in [-0.25, -0.2) is 0 Å². The minimum atomic E-state index is -0.208. The molecule has 0 atom stereocenters. The lowest BCUT2D eigenvalue weighted by molar-refractivity contribution is -0.117. The van der Waals surface area contributed by atoms with Crippen molar-refractivity contribution < 1.29 is 9.59 Å². The number of rotatable bonds is 6. The fourth-order valence-electron chi connectivity index (χ4n) is 3.10. The number of nitrogens with one attached hydrogen (secondary N) is 2. The molecule has 5 heteroatoms. The third-order valence-electron chi connectivity index (χ3n) is 4.32. The Balaban J connectivity index is 1.95. The maximum atomic E-state index is 12.3. The van der Waals surface area contributed by atoms with E-state index in [1.807, 2.05) is 6.07 Å². The van der Waals surface area contributed by atoms with Gasteiger partial charge in [0.15, 0.2) is 0 Å². The van der Waals surface area contributed by atoms with Gasteiger partial charge in [-0.15, -0.1) is 0 Å². The maximum absolute atomic E-state index is 12.3. The van der Waals surface area contributed by atoms with Gasteiger partial charge in [-0.2, -0.15) is 0 Å². The Morgan fingerprint density at radius 1 is 1.09 bits per heavy atom. The number of hydrogen-bond donors (Lipinski definition) is 3. The van der Waals surface area contributed by atoms with E-state index < -0.39 is 0 Å². The van der Waals surface area contributed by atoms with Crippen LogP contribution in [-0.4, -0.2) is 24.9 Å². The molecule has 0 spiro atoms. The van der Waals surface area contributed by atoms with Gasteiger partial charge in [-0.05, 0) is 30.9 Å². The zero-order valence-corrected chi connectivity index (χ0v) is 13.6. The minimum Gasteiger partial charge on any atom is -0.351 e. The van der Waals surface area contributed by atoms with Crippen molar-refractivity contribution >= 4 is 17.5 Å². The molecule has 1 fully saturated rings. The number of hydrogen-bond acceptors (Lipinski definition) is 3. The number of anilines is 1. The van der Waals surface area contributed by atoms with Gasteiger partial charge in [0.05, 0.1) is 11.3 Å². The van der Waals surface area contributed by atoms with Crippen LogP contribution in [-0.2, 0) is 4.79 Å². The predicted molar refractivity (Wildman–Crippen MR) is 92.3 cm³/mol. The average molecular weight is 317 g/mol. The molecule has 0 heterocycles. The minimum absolute atomic E-state index is 0.00373. The van der Waals surface area contributed by atoms with E-state index in [9.17, 15) is 9.59 Å². The van der Waals surface area contributed by atoms with E-state index in [0.29, 0.717) is 36.7 Å². The Morgan fingerprint density at radius 2 is 1.78 bits per heavy atom. The molecule has 0 aliphatic heterocycles. The van der Waals surface area contributed by atoms with Crippen molar-refractivity contribution in [3.8, 4) is 0 Å². The summed E-state index contributed by atoms with van der Waals surface area (Å²) in [6, 6.07) is 7.09. The molecule has 2 rings (SSSR count). The molecule has 0 unspecified atom stereocenters. The third-order valence-corrected chi connectivity index (χ3v) is 4.32. The molecular weight excluding hydrogens is 290 g/mol. The van der Waals surface area contributed by atoms with Gasteiger partial charge >= 0.3 is 0 Å². The second-order valence-electron chi connectivity index (χ2n) is 6.20. The van der Waals surface area contributed by atoms with Crippen LogP contribution < -0.4 is 16.4 Å². The van der Waals surface area contributed by atoms with E-state index in [4.69, 9.17) is 5.73 Å². The van der Waals surface area contributed by atoms with Crippen LogP contribution >= 0.6 is 0 Å². The van der Waals surface area contributed by atoms with Crippen molar-refractivity contribution in [3.05, 3.63) is 29.8 Å². The number of benzene rings is 1. The zero-order chi connectivity index (χ0) is 16.5. The number of carbonyl (C=O) groups is 2. The molecule has 1 aliphatic carbocycles. The molecule has 0 radical (unpaired) electrons. The average Bonchev–Trinajstić information content (AvgIpc) is 2.81. The highest BCUT2D eigenvalue weighted by molar-refractivity contribution is 6.03. The molecule has 5 nitrogen and oxygen atoms in total. The number of carbonyl (C=O) groups excluding carboxylic acids is 2. The topological polar surface area (TPSA) is 84.2 Å². The summed E-state index contributed by atoms with van der Waals surface area (Å²) in [4.78, 5) is 24.4. The van der Waals surface area contributed by atoms with Crippen molar-refractivity contribution in [1.82, 2.24) is 5.32 Å². The standard InChI is InChI=1S/C18H27N3O2/c19-11-12-20-18(23)15-9-5-6-10-16(15)21-17(22)13-14-7-3-1-2-4-8-14/h5-6,9-10,14H,1-4,7-8,11-13,19H2,(H,20,23)(H,21,22). The second kappa shape index (κ2) is 9.30. The number of amides is 2. The van der Waals surface area contributed by atoms with E-state index in [-0.39, 0.29) is 11.8 Å². The lowest BCUT2D eigenvalue weighted by Gasteiger charge is -2.15. The quantitative estimate of drug-likeness (QED) is 0.705. The van der Waals surface area contributed by atoms with Gasteiger partial charge in [-0.1, -0.05) is 37.8 Å². The first-order valence-electron chi connectivity index (χ1n) is 8.58. The van der Waals surface area contributed by atoms with Gasteiger partial charge in [0.2, 0.25) is 5.91 Å². The Hall–Kier alpha value is -1.88. The van der Waals surface area contributed by atoms with Crippen molar-refractivity contribution in [3.63, 3.8) is 0 Å². The summed E-state index contributed by atoms with van der Waals surface area (Å²) >= 11 is 0. The normalized spacial score (nSPS) is 15.7. The van der Waals surface area contributed by atoms with Crippen LogP contribution in [0.3, 0.4) is 0 Å². The smallest absolute Gasteiger partial charge is 0.253 e. The molecule has 1 aromatic carbocycles. The summed E-state index contributed by atoms with van der Waals surface area (Å²) in [5, 5.41) is 5.64. The fraction of sp³-hybridized carbons (Fsp3) is 0.556. The first-order chi connectivity index (χ1) is 11.2. The summed E-state index contributed by atoms with van der Waals surface area (Å²) < 4.78 is 0. The van der Waals surface area contributed by atoms with Crippen LogP contribution in [0.25, 0.3) is 0 Å². The molecule has 0 bridgehead atoms. The summed E-state index contributed by atoms with van der Waals surface area (Å²) in [6.07, 6.45) is 7.80. The number of nitrogens with two attached hydrogens (primary N) is 1. The summed E-state index contributed by atoms with van der Waals surface area (Å²) in [5.74, 6) is 0.257. The first-order valence-corrected chi connectivity index (χ1v) is 8.58. The Kier molecular flexibility index (Phi) is 7.07. The van der Waals surface area contributed by atoms with Gasteiger partial charge in [-0.3, -0.25) is 9.59 Å². The predicted octanol–water partition coefficient (Wildman–Crippen LogP) is 2.67. The molecule has 1 aliphatic rings. The molecule has 1 saturated carbocycles. The van der Waals surface area contributed by atoms with Gasteiger partial charge in [0.1, 0.15) is 0 Å². The Morgan fingerprint density at radius 3 is 2.48 bits per heavy atom. The van der Waals surface area contributed by atoms with Crippen LogP contribution in [0.2, 0.25) is 0 Å². The zero-order valence-electron chi connectivity index (χ0n) is 13.6. The largest absolute Gasteiger partial charge is 0.351 e. The molecule has 23 heavy (non-hydrogen) atoms. The summed E-state index contributed by atoms with van der Waals surface area (Å²) in [5.41, 5.74) is 6.46. The Bertz CT molecular complexity index is 523. The van der Waals surface area contributed by atoms with E-state index >= 15 is 0 Å². The van der Waals surface area contributed by atoms with Crippen molar-refractivity contribution in [2.45, 2.75) is 44.9 Å². The lowest BCUT2D eigenvalue weighted by atomic mass is 9.96. The second-order valence-corrected chi connectivity index (χ2v) is 6.20. The van der Waals surface area contributed by atoms with Gasteiger partial charge in [0, 0.05) is 19.5 Å². The third kappa shape index (κ3) is 5.67. The van der Waals surface area contributed by atoms with Crippen LogP contribution in [0, 0.1) is 5.92 Å². The summed E-state index contributed by atoms with van der Waals surface area (Å²) in [6.45, 7) is 0.811. The van der Waals surface area contributed by atoms with Crippen molar-refractivity contribution in [1.29, 1.82) is 0 Å². The lowest BCUT2D eigenvalue weighted by Crippen LogP contribution is -2.30. The molecular formula is C18H27N3O2. The summed E-state index contributed by atoms with van der Waals surface area (Å²) in [7, 11) is 0. The van der Waals surface area contributed by atoms with Gasteiger partial charge < -0.3 is 16.4 Å². The monoisotopic (exact) mass is 317 g/mol. The van der Waals surface area contributed by atoms with Crippen LogP contribution in [0.4, 0.5) is 5.69 Å². The van der Waals surface area contributed by atoms with E-state index in [0.717, 1.165) is 12.8 Å². The van der Waals surface area contributed by atoms with Crippen LogP contribution in [0.5, 0.6) is 0 Å². The van der Waals surface area contributed by atoms with Crippen molar-refractivity contribution in [2.24, 2.45) is 11.7 Å². The van der Waals surface area contributed by atoms with Crippen LogP contribution in [0.15, 0.2) is 24.3 Å². The molecule has 1 aromatic rings. The highest BCUT2D eigenvalue weighted by Crippen LogP contribution is 2.26. The molecule has 4 N–H and O–H groups in total. The van der Waals surface area contributed by atoms with E-state index in [1.54, 1.807) is 18.2 Å². The molecule has 126 valence electrons. The highest BCUT2D eigenvalue weighted by atomic mass is 16.2. The first kappa shape index (κ1) is 17.5. The number of para-hydroxylation sites is 1. The fourth-order valence-corrected chi connectivity index (χ4v) is 3.10. The van der Waals surface area contributed by atoms with Crippen LogP contribution in [0.1, 0.15) is 55.3 Å². The maximum Gasteiger partial charge on any atom is 0.253 e. The molecule has 0 aromatic heterocycles. The SMILES string of the molecule is NCCNC(=O)c1ccccc1NC(=O)CC1CCCCCC1. The molecule has 2 amide bonds. The van der Waals surface area contributed by atoms with Crippen molar-refractivity contribution in [2.75, 3.05) is 18.4 Å². The van der Waals surface area contributed by atoms with E-state index in [1.165, 1.54) is 25.7 Å². The molecule has 0 saturated heterocycles. The Labute approximate surface area is 138 Å². The van der Waals surface area contributed by atoms with E-state index in [2.05, 4.69) is 10.6 Å². The highest BCUT2D eigenvalue weighted by Gasteiger charge is 2.18. The van der Waals surface area contributed by atoms with Gasteiger partial charge in [0.25, 0.3) is 5.91 Å².